The Morgan fingerprint density at radius 3 is 2.44 bits per heavy atom. The lowest BCUT2D eigenvalue weighted by atomic mass is 9.91. The molecule has 0 aliphatic heterocycles. The predicted molar refractivity (Wildman–Crippen MR) is 118 cm³/mol. The average Bonchev–Trinajstić information content (AvgIpc) is 3.25. The normalized spacial score (nSPS) is 18.8. The van der Waals surface area contributed by atoms with Gasteiger partial charge in [-0.15, -0.1) is 0 Å². The quantitative estimate of drug-likeness (QED) is 0.407. The smallest absolute Gasteiger partial charge is 0.379 e. The van der Waals surface area contributed by atoms with E-state index in [9.17, 15) is 26.7 Å². The molecule has 1 saturated carbocycles. The second-order valence-corrected chi connectivity index (χ2v) is 8.25. The molecule has 1 aliphatic rings. The van der Waals surface area contributed by atoms with E-state index in [1.165, 1.54) is 10.5 Å². The van der Waals surface area contributed by atoms with Gasteiger partial charge in [-0.05, 0) is 49.9 Å². The number of imidazole rings is 1. The molecule has 3 aromatic rings. The first kappa shape index (κ1) is 23.8. The van der Waals surface area contributed by atoms with E-state index in [0.717, 1.165) is 6.20 Å². The number of nitrogens with zero attached hydrogens (tertiary/aromatic N) is 2. The summed E-state index contributed by atoms with van der Waals surface area (Å²) in [5.41, 5.74) is -0.0909. The van der Waals surface area contributed by atoms with Crippen LogP contribution in [0.15, 0.2) is 48.7 Å². The summed E-state index contributed by atoms with van der Waals surface area (Å²) >= 11 is 0. The van der Waals surface area contributed by atoms with Gasteiger partial charge in [0.15, 0.2) is 5.69 Å². The molecule has 34 heavy (non-hydrogen) atoms. The van der Waals surface area contributed by atoms with E-state index in [0.29, 0.717) is 42.8 Å². The lowest BCUT2D eigenvalue weighted by Gasteiger charge is -2.30. The van der Waals surface area contributed by atoms with Gasteiger partial charge in [-0.25, -0.2) is 13.8 Å². The first-order valence-electron chi connectivity index (χ1n) is 10.9. The highest BCUT2D eigenvalue weighted by Crippen LogP contribution is 2.30. The fourth-order valence-electron chi connectivity index (χ4n) is 4.14. The van der Waals surface area contributed by atoms with Crippen molar-refractivity contribution in [3.05, 3.63) is 59.9 Å². The Labute approximate surface area is 192 Å². The molecule has 1 fully saturated rings. The van der Waals surface area contributed by atoms with E-state index < -0.39 is 24.8 Å². The fourth-order valence-corrected chi connectivity index (χ4v) is 4.14. The summed E-state index contributed by atoms with van der Waals surface area (Å²) < 4.78 is 65.5. The third kappa shape index (κ3) is 5.57. The molecule has 0 atom stereocenters. The zero-order valence-corrected chi connectivity index (χ0v) is 18.1. The van der Waals surface area contributed by atoms with Crippen LogP contribution < -0.4 is 16.0 Å². The standard InChI is InChI=1S/C23H24F5N5O/c24-19(25)12-29-17-5-2-1-4-16(17)22(34)31-15-10-8-14(9-11-15)30-20-6-3-7-21-32-18(13-33(20)21)23(26,27)28/h1-7,13-15,19,29-30H,8-12H2,(H,31,34)/t14-,15+. The van der Waals surface area contributed by atoms with Crippen LogP contribution in [0.2, 0.25) is 0 Å². The number of nitrogens with one attached hydrogen (secondary N) is 3. The van der Waals surface area contributed by atoms with Gasteiger partial charge >= 0.3 is 6.18 Å². The number of fused-ring (bicyclic) bond motifs is 1. The number of carbonyl (C=O) groups is 1. The summed E-state index contributed by atoms with van der Waals surface area (Å²) in [6.45, 7) is -0.546. The molecule has 1 amide bonds. The Bertz CT molecular complexity index is 1140. The van der Waals surface area contributed by atoms with Gasteiger partial charge in [0.2, 0.25) is 0 Å². The van der Waals surface area contributed by atoms with Gasteiger partial charge in [0.05, 0.1) is 12.1 Å². The summed E-state index contributed by atoms with van der Waals surface area (Å²) in [7, 11) is 0. The second kappa shape index (κ2) is 9.86. The zero-order chi connectivity index (χ0) is 24.3. The number of aromatic nitrogens is 2. The highest BCUT2D eigenvalue weighted by molar-refractivity contribution is 5.99. The van der Waals surface area contributed by atoms with Crippen LogP contribution in [0.1, 0.15) is 41.7 Å². The summed E-state index contributed by atoms with van der Waals surface area (Å²) in [5, 5.41) is 8.85. The van der Waals surface area contributed by atoms with Gasteiger partial charge in [0, 0.05) is 24.0 Å². The first-order chi connectivity index (χ1) is 16.2. The van der Waals surface area contributed by atoms with Crippen molar-refractivity contribution in [2.45, 2.75) is 50.4 Å². The number of anilines is 2. The maximum Gasteiger partial charge on any atom is 0.434 e. The van der Waals surface area contributed by atoms with Gasteiger partial charge in [-0.2, -0.15) is 13.2 Å². The third-order valence-corrected chi connectivity index (χ3v) is 5.82. The van der Waals surface area contributed by atoms with Crippen LogP contribution >= 0.6 is 0 Å². The molecule has 0 unspecified atom stereocenters. The van der Waals surface area contributed by atoms with Gasteiger partial charge in [-0.3, -0.25) is 9.20 Å². The highest BCUT2D eigenvalue weighted by atomic mass is 19.4. The molecule has 0 bridgehead atoms. The SMILES string of the molecule is O=C(N[C@H]1CC[C@@H](Nc2cccc3nc(C(F)(F)F)cn23)CC1)c1ccccc1NCC(F)F. The van der Waals surface area contributed by atoms with Crippen molar-refractivity contribution in [3.63, 3.8) is 0 Å². The molecule has 4 rings (SSSR count). The van der Waals surface area contributed by atoms with Gasteiger partial charge < -0.3 is 16.0 Å². The Morgan fingerprint density at radius 2 is 1.74 bits per heavy atom. The summed E-state index contributed by atoms with van der Waals surface area (Å²) in [6.07, 6.45) is -3.34. The van der Waals surface area contributed by atoms with Crippen molar-refractivity contribution in [3.8, 4) is 0 Å². The Balaban J connectivity index is 1.35. The van der Waals surface area contributed by atoms with Crippen LogP contribution in [0.4, 0.5) is 33.5 Å². The molecule has 1 aliphatic carbocycles. The van der Waals surface area contributed by atoms with Crippen molar-refractivity contribution in [1.82, 2.24) is 14.7 Å². The second-order valence-electron chi connectivity index (χ2n) is 8.25. The minimum absolute atomic E-state index is 0.0236. The minimum Gasteiger partial charge on any atom is -0.379 e. The fraction of sp³-hybridized carbons (Fsp3) is 0.391. The van der Waals surface area contributed by atoms with E-state index in [4.69, 9.17) is 0 Å². The number of carbonyl (C=O) groups excluding carboxylic acids is 1. The van der Waals surface area contributed by atoms with Gasteiger partial charge in [0.1, 0.15) is 11.5 Å². The van der Waals surface area contributed by atoms with Crippen LogP contribution in [0.5, 0.6) is 0 Å². The molecule has 1 aromatic carbocycles. The van der Waals surface area contributed by atoms with Crippen LogP contribution in [0, 0.1) is 0 Å². The number of benzene rings is 1. The van der Waals surface area contributed by atoms with Crippen molar-refractivity contribution in [2.24, 2.45) is 0 Å². The van der Waals surface area contributed by atoms with Crippen LogP contribution in [0.3, 0.4) is 0 Å². The minimum atomic E-state index is -4.52. The van der Waals surface area contributed by atoms with E-state index in [1.807, 2.05) is 0 Å². The third-order valence-electron chi connectivity index (χ3n) is 5.82. The number of alkyl halides is 5. The van der Waals surface area contributed by atoms with Crippen molar-refractivity contribution >= 4 is 23.1 Å². The van der Waals surface area contributed by atoms with Crippen LogP contribution in [-0.2, 0) is 6.18 Å². The van der Waals surface area contributed by atoms with E-state index in [2.05, 4.69) is 20.9 Å². The molecule has 3 N–H and O–H groups in total. The number of rotatable bonds is 7. The number of pyridine rings is 1. The number of hydrogen-bond donors (Lipinski definition) is 3. The van der Waals surface area contributed by atoms with Gasteiger partial charge in [0.25, 0.3) is 12.3 Å². The predicted octanol–water partition coefficient (Wildman–Crippen LogP) is 5.18. The van der Waals surface area contributed by atoms with Crippen molar-refractivity contribution < 1.29 is 26.7 Å². The highest BCUT2D eigenvalue weighted by Gasteiger charge is 2.34. The largest absolute Gasteiger partial charge is 0.434 e. The Morgan fingerprint density at radius 1 is 1.03 bits per heavy atom. The number of hydrogen-bond acceptors (Lipinski definition) is 4. The summed E-state index contributed by atoms with van der Waals surface area (Å²) in [5.74, 6) is 0.184. The lowest BCUT2D eigenvalue weighted by molar-refractivity contribution is -0.140. The molecular weight excluding hydrogens is 457 g/mol. The van der Waals surface area contributed by atoms with E-state index in [1.54, 1.807) is 36.4 Å². The summed E-state index contributed by atoms with van der Waals surface area (Å²) in [4.78, 5) is 16.4. The number of amides is 1. The monoisotopic (exact) mass is 481 g/mol. The molecule has 6 nitrogen and oxygen atoms in total. The maximum absolute atomic E-state index is 13.0. The topological polar surface area (TPSA) is 70.5 Å². The molecule has 0 radical (unpaired) electrons. The molecular formula is C23H24F5N5O. The van der Waals surface area contributed by atoms with Crippen LogP contribution in [0.25, 0.3) is 5.65 Å². The molecule has 11 heteroatoms. The Kier molecular flexibility index (Phi) is 6.90. The molecule has 2 aromatic heterocycles. The molecule has 0 saturated heterocycles. The average molecular weight is 481 g/mol. The Hall–Kier alpha value is -3.37. The number of halogens is 5. The lowest BCUT2D eigenvalue weighted by Crippen LogP contribution is -2.40. The number of para-hydroxylation sites is 1. The zero-order valence-electron chi connectivity index (χ0n) is 18.1. The summed E-state index contributed by atoms with van der Waals surface area (Å²) in [6, 6.07) is 11.3. The van der Waals surface area contributed by atoms with E-state index >= 15 is 0 Å². The van der Waals surface area contributed by atoms with E-state index in [-0.39, 0.29) is 23.6 Å². The van der Waals surface area contributed by atoms with Gasteiger partial charge in [-0.1, -0.05) is 18.2 Å². The molecule has 0 spiro atoms. The van der Waals surface area contributed by atoms with Crippen molar-refractivity contribution in [1.29, 1.82) is 0 Å². The molecule has 2 heterocycles. The van der Waals surface area contributed by atoms with Crippen LogP contribution in [-0.4, -0.2) is 40.3 Å². The van der Waals surface area contributed by atoms with Crippen molar-refractivity contribution in [2.75, 3.05) is 17.2 Å². The maximum atomic E-state index is 13.0. The first-order valence-corrected chi connectivity index (χ1v) is 10.9. The molecule has 182 valence electrons.